The highest BCUT2D eigenvalue weighted by atomic mass is 35.5. The number of aromatic nitrogens is 4. The van der Waals surface area contributed by atoms with E-state index in [4.69, 9.17) is 32.7 Å². The molecule has 4 N–H and O–H groups in total. The summed E-state index contributed by atoms with van der Waals surface area (Å²) in [4.78, 5) is 25.3. The van der Waals surface area contributed by atoms with E-state index in [9.17, 15) is 9.59 Å². The molecule has 4 aromatic rings. The number of nitrogens with one attached hydrogen (secondary N) is 4. The molecule has 0 radical (unpaired) electrons. The van der Waals surface area contributed by atoms with Crippen molar-refractivity contribution in [2.45, 2.75) is 26.4 Å². The third-order valence-electron chi connectivity index (χ3n) is 5.48. The van der Waals surface area contributed by atoms with Crippen LogP contribution in [0.4, 0.5) is 0 Å². The largest absolute Gasteiger partial charge is 0.493 e. The van der Waals surface area contributed by atoms with Gasteiger partial charge >= 0.3 is 0 Å². The summed E-state index contributed by atoms with van der Waals surface area (Å²) in [5.74, 6) is 0.0495. The molecule has 2 aromatic heterocycles. The van der Waals surface area contributed by atoms with E-state index in [0.29, 0.717) is 44.6 Å². The van der Waals surface area contributed by atoms with E-state index in [2.05, 4.69) is 20.4 Å². The lowest BCUT2D eigenvalue weighted by atomic mass is 9.85. The molecule has 180 valence electrons. The van der Waals surface area contributed by atoms with Crippen molar-refractivity contribution in [2.24, 2.45) is 0 Å². The Morgan fingerprint density at radius 3 is 1.91 bits per heavy atom. The zero-order valence-corrected chi connectivity index (χ0v) is 20.9. The fourth-order valence-corrected chi connectivity index (χ4v) is 4.27. The van der Waals surface area contributed by atoms with Gasteiger partial charge in [0, 0.05) is 22.3 Å². The van der Waals surface area contributed by atoms with Crippen LogP contribution in [0.1, 0.15) is 39.6 Å². The van der Waals surface area contributed by atoms with Crippen molar-refractivity contribution < 1.29 is 9.47 Å². The third-order valence-corrected chi connectivity index (χ3v) is 6.02. The maximum absolute atomic E-state index is 12.7. The molecule has 34 heavy (non-hydrogen) atoms. The van der Waals surface area contributed by atoms with E-state index >= 15 is 0 Å². The predicted molar refractivity (Wildman–Crippen MR) is 134 cm³/mol. The average Bonchev–Trinajstić information content (AvgIpc) is 3.30. The second kappa shape index (κ2) is 10.5. The van der Waals surface area contributed by atoms with Gasteiger partial charge in [0.05, 0.1) is 23.3 Å². The lowest BCUT2D eigenvalue weighted by molar-refractivity contribution is 0.284. The van der Waals surface area contributed by atoms with Gasteiger partial charge in [-0.25, -0.2) is 0 Å². The summed E-state index contributed by atoms with van der Waals surface area (Å²) in [5, 5.41) is 11.7. The zero-order valence-electron chi connectivity index (χ0n) is 18.5. The number of rotatable bonds is 7. The highest BCUT2D eigenvalue weighted by molar-refractivity contribution is 6.32. The molecular weight excluding hydrogens is 503 g/mol. The van der Waals surface area contributed by atoms with Crippen molar-refractivity contribution in [3.8, 4) is 11.5 Å². The van der Waals surface area contributed by atoms with Gasteiger partial charge < -0.3 is 19.7 Å². The molecule has 2 heterocycles. The summed E-state index contributed by atoms with van der Waals surface area (Å²) >= 11 is 12.6. The van der Waals surface area contributed by atoms with E-state index in [0.717, 1.165) is 5.56 Å². The van der Waals surface area contributed by atoms with Crippen molar-refractivity contribution in [3.05, 3.63) is 101 Å². The molecular formula is C23H23Cl3N4O4. The van der Waals surface area contributed by atoms with Gasteiger partial charge in [0.15, 0.2) is 11.5 Å². The smallest absolute Gasteiger partial charge is 0.268 e. The number of H-pyrrole nitrogens is 4. The van der Waals surface area contributed by atoms with Crippen LogP contribution >= 0.6 is 35.6 Å². The summed E-state index contributed by atoms with van der Waals surface area (Å²) in [5.41, 5.74) is 2.92. The van der Waals surface area contributed by atoms with Gasteiger partial charge in [0.2, 0.25) is 0 Å². The Labute approximate surface area is 211 Å². The topological polar surface area (TPSA) is 116 Å². The minimum absolute atomic E-state index is 0. The van der Waals surface area contributed by atoms with Crippen LogP contribution in [0.25, 0.3) is 0 Å². The number of aryl methyl sites for hydroxylation is 2. The first-order valence-electron chi connectivity index (χ1n) is 10.1. The van der Waals surface area contributed by atoms with Crippen molar-refractivity contribution in [3.63, 3.8) is 0 Å². The zero-order chi connectivity index (χ0) is 23.7. The second-order valence-corrected chi connectivity index (χ2v) is 8.46. The SMILES string of the molecule is COc1cc(C(c2c(C)[nH][nH]c2=O)c2c(C)[nH][nH]c2=O)cc(Cl)c1OCc1ccc(Cl)cc1.Cl. The van der Waals surface area contributed by atoms with Crippen molar-refractivity contribution in [2.75, 3.05) is 7.11 Å². The minimum Gasteiger partial charge on any atom is -0.493 e. The molecule has 8 nitrogen and oxygen atoms in total. The van der Waals surface area contributed by atoms with Gasteiger partial charge in [0.1, 0.15) is 6.61 Å². The number of hydrogen-bond donors (Lipinski definition) is 4. The normalized spacial score (nSPS) is 10.9. The van der Waals surface area contributed by atoms with Crippen LogP contribution in [0, 0.1) is 13.8 Å². The number of aromatic amines is 4. The summed E-state index contributed by atoms with van der Waals surface area (Å²) in [6.45, 7) is 3.78. The van der Waals surface area contributed by atoms with Gasteiger partial charge in [-0.05, 0) is 49.2 Å². The van der Waals surface area contributed by atoms with Crippen LogP contribution in [-0.2, 0) is 6.61 Å². The lowest BCUT2D eigenvalue weighted by Gasteiger charge is -2.19. The van der Waals surface area contributed by atoms with Gasteiger partial charge in [-0.1, -0.05) is 35.3 Å². The summed E-state index contributed by atoms with van der Waals surface area (Å²) < 4.78 is 11.5. The van der Waals surface area contributed by atoms with Crippen molar-refractivity contribution in [1.82, 2.24) is 20.4 Å². The van der Waals surface area contributed by atoms with E-state index in [1.54, 1.807) is 38.1 Å². The fourth-order valence-electron chi connectivity index (χ4n) is 3.87. The Kier molecular flexibility index (Phi) is 7.86. The number of benzene rings is 2. The van der Waals surface area contributed by atoms with E-state index in [-0.39, 0.29) is 35.2 Å². The summed E-state index contributed by atoms with van der Waals surface area (Å²) in [7, 11) is 1.50. The molecule has 0 aliphatic carbocycles. The highest BCUT2D eigenvalue weighted by Gasteiger charge is 2.29. The summed E-state index contributed by atoms with van der Waals surface area (Å²) in [6.07, 6.45) is 0. The molecule has 0 saturated heterocycles. The lowest BCUT2D eigenvalue weighted by Crippen LogP contribution is -2.20. The van der Waals surface area contributed by atoms with Crippen molar-refractivity contribution >= 4 is 35.6 Å². The number of methoxy groups -OCH3 is 1. The van der Waals surface area contributed by atoms with Crippen LogP contribution in [-0.4, -0.2) is 27.5 Å². The molecule has 0 amide bonds. The molecule has 0 spiro atoms. The van der Waals surface area contributed by atoms with Crippen LogP contribution in [0.3, 0.4) is 0 Å². The first kappa shape index (κ1) is 25.6. The minimum atomic E-state index is -0.688. The molecule has 0 fully saturated rings. The first-order chi connectivity index (χ1) is 15.8. The average molecular weight is 526 g/mol. The first-order valence-corrected chi connectivity index (χ1v) is 10.8. The Bertz CT molecular complexity index is 1350. The standard InChI is InChI=1S/C23H22Cl2N4O4.ClH/c1-11-18(22(30)28-26-11)20(19-12(2)27-29-23(19)31)14-8-16(25)21(17(9-14)32-3)33-10-13-4-6-15(24)7-5-13;/h4-9,20H,10H2,1-3H3,(H2,26,28,30)(H2,27,29,31);1H. The number of ether oxygens (including phenoxy) is 2. The maximum atomic E-state index is 12.7. The fraction of sp³-hybridized carbons (Fsp3) is 0.217. The van der Waals surface area contributed by atoms with Crippen LogP contribution in [0.5, 0.6) is 11.5 Å². The van der Waals surface area contributed by atoms with E-state index in [1.807, 2.05) is 12.1 Å². The Morgan fingerprint density at radius 1 is 0.882 bits per heavy atom. The molecule has 2 aromatic carbocycles. The molecule has 0 aliphatic rings. The Balaban J connectivity index is 0.00000324. The monoisotopic (exact) mass is 524 g/mol. The van der Waals surface area contributed by atoms with Gasteiger partial charge in [0.25, 0.3) is 11.1 Å². The predicted octanol–water partition coefficient (Wildman–Crippen LogP) is 4.83. The van der Waals surface area contributed by atoms with E-state index < -0.39 is 5.92 Å². The molecule has 0 atom stereocenters. The Morgan fingerprint density at radius 2 is 1.44 bits per heavy atom. The van der Waals surface area contributed by atoms with Crippen LogP contribution < -0.4 is 20.6 Å². The highest BCUT2D eigenvalue weighted by Crippen LogP contribution is 2.41. The number of halogens is 3. The maximum Gasteiger partial charge on any atom is 0.268 e. The molecule has 0 bridgehead atoms. The molecule has 0 unspecified atom stereocenters. The van der Waals surface area contributed by atoms with E-state index in [1.165, 1.54) is 7.11 Å². The van der Waals surface area contributed by atoms with Crippen LogP contribution in [0.2, 0.25) is 10.0 Å². The third kappa shape index (κ3) is 4.89. The van der Waals surface area contributed by atoms with Crippen LogP contribution in [0.15, 0.2) is 46.0 Å². The van der Waals surface area contributed by atoms with Gasteiger partial charge in [-0.2, -0.15) is 0 Å². The van der Waals surface area contributed by atoms with Crippen molar-refractivity contribution in [1.29, 1.82) is 0 Å². The Hall–Kier alpha value is -3.07. The molecule has 11 heteroatoms. The van der Waals surface area contributed by atoms with Gasteiger partial charge in [-0.15, -0.1) is 12.4 Å². The molecule has 0 aliphatic heterocycles. The quantitative estimate of drug-likeness (QED) is 0.276. The van der Waals surface area contributed by atoms with Gasteiger partial charge in [-0.3, -0.25) is 19.8 Å². The second-order valence-electron chi connectivity index (χ2n) is 7.62. The number of hydrogen-bond acceptors (Lipinski definition) is 4. The summed E-state index contributed by atoms with van der Waals surface area (Å²) in [6, 6.07) is 10.7. The molecule has 4 rings (SSSR count). The molecule has 0 saturated carbocycles.